The van der Waals surface area contributed by atoms with Crippen molar-refractivity contribution in [1.82, 2.24) is 5.32 Å². The van der Waals surface area contributed by atoms with Gasteiger partial charge in [-0.15, -0.1) is 0 Å². The lowest BCUT2D eigenvalue weighted by Crippen LogP contribution is -2.34. The molecule has 0 aromatic heterocycles. The molecular weight excluding hydrogens is 345 g/mol. The number of aliphatic hydroxyl groups is 1. The van der Waals surface area contributed by atoms with Crippen molar-refractivity contribution in [2.24, 2.45) is 0 Å². The van der Waals surface area contributed by atoms with Crippen molar-refractivity contribution in [3.8, 4) is 11.5 Å². The first-order valence-corrected chi connectivity index (χ1v) is 8.70. The molecule has 0 bridgehead atoms. The molecule has 1 aliphatic rings. The van der Waals surface area contributed by atoms with E-state index in [0.717, 1.165) is 11.1 Å². The summed E-state index contributed by atoms with van der Waals surface area (Å²) in [4.78, 5) is 13.0. The van der Waals surface area contributed by atoms with Gasteiger partial charge in [-0.3, -0.25) is 4.79 Å². The summed E-state index contributed by atoms with van der Waals surface area (Å²) in [6.07, 6.45) is -0.991. The fraction of sp³-hybridized carbons (Fsp3) is 0.136. The van der Waals surface area contributed by atoms with Crippen LogP contribution in [0, 0.1) is 5.82 Å². The lowest BCUT2D eigenvalue weighted by atomic mass is 9.87. The number of nitrogens with one attached hydrogen (secondary N) is 1. The van der Waals surface area contributed by atoms with Crippen molar-refractivity contribution in [2.75, 3.05) is 6.54 Å². The normalized spacial score (nSPS) is 13.9. The number of para-hydroxylation sites is 2. The maximum Gasteiger partial charge on any atom is 0.232 e. The Morgan fingerprint density at radius 1 is 1.00 bits per heavy atom. The molecule has 4 nitrogen and oxygen atoms in total. The number of carbonyl (C=O) groups is 1. The Labute approximate surface area is 156 Å². The van der Waals surface area contributed by atoms with Gasteiger partial charge in [0.1, 0.15) is 17.3 Å². The fourth-order valence-corrected chi connectivity index (χ4v) is 3.32. The lowest BCUT2D eigenvalue weighted by molar-refractivity contribution is -0.122. The Kier molecular flexibility index (Phi) is 4.60. The smallest absolute Gasteiger partial charge is 0.232 e. The third kappa shape index (κ3) is 3.41. The van der Waals surface area contributed by atoms with Crippen LogP contribution in [0.2, 0.25) is 0 Å². The average molecular weight is 363 g/mol. The predicted octanol–water partition coefficient (Wildman–Crippen LogP) is 3.91. The molecular formula is C22H18FNO3. The summed E-state index contributed by atoms with van der Waals surface area (Å²) < 4.78 is 19.2. The van der Waals surface area contributed by atoms with Crippen molar-refractivity contribution in [3.05, 3.63) is 95.3 Å². The van der Waals surface area contributed by atoms with Crippen LogP contribution in [-0.4, -0.2) is 17.6 Å². The Hall–Kier alpha value is -3.18. The Balaban J connectivity index is 1.57. The molecule has 0 fully saturated rings. The van der Waals surface area contributed by atoms with Gasteiger partial charge in [-0.05, 0) is 29.8 Å². The molecule has 3 aromatic rings. The van der Waals surface area contributed by atoms with Gasteiger partial charge in [-0.2, -0.15) is 0 Å². The van der Waals surface area contributed by atoms with Crippen molar-refractivity contribution in [2.45, 2.75) is 12.0 Å². The van der Waals surface area contributed by atoms with E-state index in [1.54, 1.807) is 6.07 Å². The quantitative estimate of drug-likeness (QED) is 0.739. The topological polar surface area (TPSA) is 58.6 Å². The van der Waals surface area contributed by atoms with E-state index in [1.807, 2.05) is 48.5 Å². The molecule has 0 saturated heterocycles. The maximum absolute atomic E-state index is 13.3. The van der Waals surface area contributed by atoms with Crippen LogP contribution in [0.4, 0.5) is 4.39 Å². The third-order valence-electron chi connectivity index (χ3n) is 4.65. The summed E-state index contributed by atoms with van der Waals surface area (Å²) in [6.45, 7) is -0.00994. The highest BCUT2D eigenvalue weighted by Crippen LogP contribution is 2.43. The zero-order chi connectivity index (χ0) is 18.8. The summed E-state index contributed by atoms with van der Waals surface area (Å²) in [5.74, 6) is 0.0775. The van der Waals surface area contributed by atoms with Crippen LogP contribution in [0.5, 0.6) is 11.5 Å². The van der Waals surface area contributed by atoms with Gasteiger partial charge in [0.25, 0.3) is 0 Å². The minimum atomic E-state index is -0.991. The highest BCUT2D eigenvalue weighted by molar-refractivity contribution is 5.89. The Bertz CT molecular complexity index is 943. The molecule has 0 saturated carbocycles. The number of ether oxygens (including phenoxy) is 1. The van der Waals surface area contributed by atoms with Crippen LogP contribution in [-0.2, 0) is 4.79 Å². The highest BCUT2D eigenvalue weighted by atomic mass is 19.1. The minimum absolute atomic E-state index is 0.00994. The van der Waals surface area contributed by atoms with Crippen molar-refractivity contribution < 1.29 is 19.0 Å². The predicted molar refractivity (Wildman–Crippen MR) is 99.2 cm³/mol. The molecule has 5 heteroatoms. The zero-order valence-electron chi connectivity index (χ0n) is 14.4. The van der Waals surface area contributed by atoms with Gasteiger partial charge in [-0.25, -0.2) is 4.39 Å². The Morgan fingerprint density at radius 2 is 1.63 bits per heavy atom. The largest absolute Gasteiger partial charge is 0.457 e. The molecule has 1 heterocycles. The number of rotatable bonds is 4. The number of hydrogen-bond acceptors (Lipinski definition) is 3. The molecule has 0 spiro atoms. The van der Waals surface area contributed by atoms with Gasteiger partial charge in [0.2, 0.25) is 5.91 Å². The molecule has 136 valence electrons. The van der Waals surface area contributed by atoms with Gasteiger partial charge >= 0.3 is 0 Å². The van der Waals surface area contributed by atoms with Gasteiger partial charge in [0.05, 0.1) is 12.0 Å². The van der Waals surface area contributed by atoms with Crippen LogP contribution >= 0.6 is 0 Å². The lowest BCUT2D eigenvalue weighted by Gasteiger charge is -2.27. The van der Waals surface area contributed by atoms with E-state index < -0.39 is 17.8 Å². The van der Waals surface area contributed by atoms with Gasteiger partial charge in [0.15, 0.2) is 0 Å². The molecule has 2 N–H and O–H groups in total. The summed E-state index contributed by atoms with van der Waals surface area (Å²) in [5, 5.41) is 13.1. The standard InChI is InChI=1S/C22H18FNO3/c23-15-7-5-6-14(12-15)18(25)13-24-22(26)21-16-8-1-3-10-19(16)27-20-11-4-2-9-17(20)21/h1-12,18,21,25H,13H2,(H,24,26). The number of benzene rings is 3. The first-order chi connectivity index (χ1) is 13.1. The van der Waals surface area contributed by atoms with Crippen LogP contribution in [0.3, 0.4) is 0 Å². The summed E-state index contributed by atoms with van der Waals surface area (Å²) in [5.41, 5.74) is 1.96. The number of carbonyl (C=O) groups excluding carboxylic acids is 1. The van der Waals surface area contributed by atoms with Crippen LogP contribution < -0.4 is 10.1 Å². The zero-order valence-corrected chi connectivity index (χ0v) is 14.4. The number of amides is 1. The van der Waals surface area contributed by atoms with Gasteiger partial charge in [-0.1, -0.05) is 48.5 Å². The number of fused-ring (bicyclic) bond motifs is 2. The van der Waals surface area contributed by atoms with Crippen molar-refractivity contribution >= 4 is 5.91 Å². The monoisotopic (exact) mass is 363 g/mol. The minimum Gasteiger partial charge on any atom is -0.457 e. The fourth-order valence-electron chi connectivity index (χ4n) is 3.32. The number of halogens is 1. The van der Waals surface area contributed by atoms with Crippen molar-refractivity contribution in [3.63, 3.8) is 0 Å². The van der Waals surface area contributed by atoms with E-state index in [4.69, 9.17) is 4.74 Å². The first kappa shape index (κ1) is 17.2. The first-order valence-electron chi connectivity index (χ1n) is 8.70. The van der Waals surface area contributed by atoms with E-state index >= 15 is 0 Å². The highest BCUT2D eigenvalue weighted by Gasteiger charge is 2.32. The Morgan fingerprint density at radius 3 is 2.26 bits per heavy atom. The molecule has 0 radical (unpaired) electrons. The van der Waals surface area contributed by atoms with E-state index in [2.05, 4.69) is 5.32 Å². The molecule has 1 atom stereocenters. The summed E-state index contributed by atoms with van der Waals surface area (Å²) in [6, 6.07) is 20.5. The van der Waals surface area contributed by atoms with E-state index in [9.17, 15) is 14.3 Å². The molecule has 4 rings (SSSR count). The van der Waals surface area contributed by atoms with Crippen LogP contribution in [0.25, 0.3) is 0 Å². The van der Waals surface area contributed by atoms with Gasteiger partial charge in [0, 0.05) is 17.7 Å². The molecule has 27 heavy (non-hydrogen) atoms. The third-order valence-corrected chi connectivity index (χ3v) is 4.65. The number of hydrogen-bond donors (Lipinski definition) is 2. The van der Waals surface area contributed by atoms with Crippen molar-refractivity contribution in [1.29, 1.82) is 0 Å². The SMILES string of the molecule is O=C(NCC(O)c1cccc(F)c1)C1c2ccccc2Oc2ccccc21. The van der Waals surface area contributed by atoms with Gasteiger partial charge < -0.3 is 15.2 Å². The van der Waals surface area contributed by atoms with Crippen LogP contribution in [0.15, 0.2) is 72.8 Å². The maximum atomic E-state index is 13.3. The second kappa shape index (κ2) is 7.21. The second-order valence-electron chi connectivity index (χ2n) is 6.43. The number of aliphatic hydroxyl groups excluding tert-OH is 1. The summed E-state index contributed by atoms with van der Waals surface area (Å²) >= 11 is 0. The molecule has 1 unspecified atom stereocenters. The second-order valence-corrected chi connectivity index (χ2v) is 6.43. The molecule has 1 aliphatic heterocycles. The molecule has 3 aromatic carbocycles. The van der Waals surface area contributed by atoms with E-state index in [0.29, 0.717) is 17.1 Å². The summed E-state index contributed by atoms with van der Waals surface area (Å²) in [7, 11) is 0. The molecule has 0 aliphatic carbocycles. The van der Waals surface area contributed by atoms with E-state index in [1.165, 1.54) is 18.2 Å². The molecule has 1 amide bonds. The van der Waals surface area contributed by atoms with Crippen LogP contribution in [0.1, 0.15) is 28.7 Å². The average Bonchev–Trinajstić information content (AvgIpc) is 2.70. The van der Waals surface area contributed by atoms with E-state index in [-0.39, 0.29) is 12.5 Å².